The first-order valence-electron chi connectivity index (χ1n) is 6.56. The third-order valence-electron chi connectivity index (χ3n) is 3.36. The Hall–Kier alpha value is -2.02. The Labute approximate surface area is 113 Å². The number of amides is 1. The highest BCUT2D eigenvalue weighted by molar-refractivity contribution is 5.77. The van der Waals surface area contributed by atoms with Crippen LogP contribution in [0.1, 0.15) is 24.0 Å². The van der Waals surface area contributed by atoms with Crippen molar-refractivity contribution in [2.45, 2.75) is 25.7 Å². The lowest BCUT2D eigenvalue weighted by Crippen LogP contribution is -2.28. The average molecular weight is 258 g/mol. The van der Waals surface area contributed by atoms with Crippen LogP contribution in [0, 0.1) is 11.3 Å². The van der Waals surface area contributed by atoms with Gasteiger partial charge in [-0.25, -0.2) is 0 Å². The molecule has 0 aliphatic carbocycles. The van der Waals surface area contributed by atoms with Gasteiger partial charge in [0.25, 0.3) is 0 Å². The summed E-state index contributed by atoms with van der Waals surface area (Å²) in [6.45, 7) is 1.44. The first-order valence-corrected chi connectivity index (χ1v) is 6.56. The second kappa shape index (κ2) is 6.24. The van der Waals surface area contributed by atoms with E-state index in [2.05, 4.69) is 6.07 Å². The summed E-state index contributed by atoms with van der Waals surface area (Å²) in [4.78, 5) is 13.1. The molecule has 0 bridgehead atoms. The molecule has 0 unspecified atom stereocenters. The van der Waals surface area contributed by atoms with E-state index in [-0.39, 0.29) is 12.3 Å². The second-order valence-corrected chi connectivity index (χ2v) is 4.79. The summed E-state index contributed by atoms with van der Waals surface area (Å²) in [6.07, 6.45) is 2.89. The Balaban J connectivity index is 1.93. The van der Waals surface area contributed by atoms with Crippen LogP contribution in [-0.4, -0.2) is 31.0 Å². The quantitative estimate of drug-likeness (QED) is 0.829. The maximum atomic E-state index is 11.5. The number of fused-ring (bicyclic) bond motifs is 1. The molecule has 100 valence electrons. The van der Waals surface area contributed by atoms with Gasteiger partial charge >= 0.3 is 0 Å². The Morgan fingerprint density at radius 1 is 1.53 bits per heavy atom. The minimum atomic E-state index is -0.121. The second-order valence-electron chi connectivity index (χ2n) is 4.79. The van der Waals surface area contributed by atoms with Crippen LogP contribution in [0.25, 0.3) is 0 Å². The number of rotatable bonds is 4. The predicted octanol–water partition coefficient (Wildman–Crippen LogP) is 1.93. The molecule has 0 saturated carbocycles. The number of carbonyl (C=O) groups excluding carboxylic acids is 1. The minimum absolute atomic E-state index is 0.0471. The molecule has 0 fully saturated rings. The summed E-state index contributed by atoms with van der Waals surface area (Å²) in [5.41, 5.74) is 2.47. The lowest BCUT2D eigenvalue weighted by molar-refractivity contribution is -0.128. The SMILES string of the molecule is CN(CCc1ccc2c(c1)CCCO2)C(=O)CC#N. The van der Waals surface area contributed by atoms with E-state index in [4.69, 9.17) is 10.00 Å². The Kier molecular flexibility index (Phi) is 4.40. The highest BCUT2D eigenvalue weighted by Crippen LogP contribution is 2.25. The molecule has 1 amide bonds. The molecule has 0 N–H and O–H groups in total. The molecular formula is C15H18N2O2. The maximum Gasteiger partial charge on any atom is 0.236 e. The van der Waals surface area contributed by atoms with Crippen molar-refractivity contribution in [3.8, 4) is 11.8 Å². The van der Waals surface area contributed by atoms with E-state index in [1.54, 1.807) is 11.9 Å². The molecule has 1 aromatic rings. The fourth-order valence-electron chi connectivity index (χ4n) is 2.19. The zero-order valence-corrected chi connectivity index (χ0v) is 11.2. The molecule has 0 atom stereocenters. The van der Waals surface area contributed by atoms with E-state index in [1.807, 2.05) is 18.2 Å². The fraction of sp³-hybridized carbons (Fsp3) is 0.467. The molecule has 0 spiro atoms. The first-order chi connectivity index (χ1) is 9.20. The van der Waals surface area contributed by atoms with Crippen LogP contribution in [0.15, 0.2) is 18.2 Å². The van der Waals surface area contributed by atoms with E-state index in [0.717, 1.165) is 31.6 Å². The monoisotopic (exact) mass is 258 g/mol. The van der Waals surface area contributed by atoms with Gasteiger partial charge in [0.15, 0.2) is 0 Å². The summed E-state index contributed by atoms with van der Waals surface area (Å²) >= 11 is 0. The Bertz CT molecular complexity index is 505. The van der Waals surface area contributed by atoms with Crippen LogP contribution in [0.3, 0.4) is 0 Å². The molecule has 0 saturated heterocycles. The van der Waals surface area contributed by atoms with Crippen LogP contribution in [0.5, 0.6) is 5.75 Å². The molecule has 0 radical (unpaired) electrons. The van der Waals surface area contributed by atoms with E-state index in [1.165, 1.54) is 11.1 Å². The van der Waals surface area contributed by atoms with Crippen LogP contribution in [0.4, 0.5) is 0 Å². The molecule has 0 aromatic heterocycles. The van der Waals surface area contributed by atoms with Crippen LogP contribution < -0.4 is 4.74 Å². The molecule has 19 heavy (non-hydrogen) atoms. The number of nitrogens with zero attached hydrogens (tertiary/aromatic N) is 2. The van der Waals surface area contributed by atoms with Gasteiger partial charge in [-0.2, -0.15) is 5.26 Å². The lowest BCUT2D eigenvalue weighted by Gasteiger charge is -2.19. The van der Waals surface area contributed by atoms with E-state index >= 15 is 0 Å². The van der Waals surface area contributed by atoms with Gasteiger partial charge in [0, 0.05) is 13.6 Å². The van der Waals surface area contributed by atoms with E-state index in [9.17, 15) is 4.79 Å². The molecular weight excluding hydrogens is 240 g/mol. The Morgan fingerprint density at radius 2 is 2.37 bits per heavy atom. The summed E-state index contributed by atoms with van der Waals surface area (Å²) in [5.74, 6) is 0.868. The van der Waals surface area contributed by atoms with Crippen LogP contribution in [0.2, 0.25) is 0 Å². The minimum Gasteiger partial charge on any atom is -0.493 e. The highest BCUT2D eigenvalue weighted by atomic mass is 16.5. The van der Waals surface area contributed by atoms with Gasteiger partial charge in [-0.1, -0.05) is 12.1 Å². The van der Waals surface area contributed by atoms with Crippen molar-refractivity contribution in [2.75, 3.05) is 20.2 Å². The Morgan fingerprint density at radius 3 is 3.16 bits per heavy atom. The molecule has 4 heteroatoms. The van der Waals surface area contributed by atoms with Crippen LogP contribution in [-0.2, 0) is 17.6 Å². The predicted molar refractivity (Wildman–Crippen MR) is 71.8 cm³/mol. The lowest BCUT2D eigenvalue weighted by atomic mass is 10.0. The van der Waals surface area contributed by atoms with Gasteiger partial charge < -0.3 is 9.64 Å². The third-order valence-corrected chi connectivity index (χ3v) is 3.36. The molecule has 1 heterocycles. The zero-order chi connectivity index (χ0) is 13.7. The average Bonchev–Trinajstić information content (AvgIpc) is 2.44. The molecule has 2 rings (SSSR count). The van der Waals surface area contributed by atoms with Crippen molar-refractivity contribution < 1.29 is 9.53 Å². The summed E-state index contributed by atoms with van der Waals surface area (Å²) < 4.78 is 5.57. The number of hydrogen-bond acceptors (Lipinski definition) is 3. The van der Waals surface area contributed by atoms with Gasteiger partial charge in [0.2, 0.25) is 5.91 Å². The van der Waals surface area contributed by atoms with Crippen molar-refractivity contribution in [2.24, 2.45) is 0 Å². The fourth-order valence-corrected chi connectivity index (χ4v) is 2.19. The third kappa shape index (κ3) is 3.47. The molecule has 1 aliphatic heterocycles. The number of likely N-dealkylation sites (N-methyl/N-ethyl adjacent to an activating group) is 1. The highest BCUT2D eigenvalue weighted by Gasteiger charge is 2.12. The molecule has 1 aromatic carbocycles. The van der Waals surface area contributed by atoms with E-state index < -0.39 is 0 Å². The maximum absolute atomic E-state index is 11.5. The molecule has 4 nitrogen and oxygen atoms in total. The smallest absolute Gasteiger partial charge is 0.236 e. The van der Waals surface area contributed by atoms with Gasteiger partial charge in [0.1, 0.15) is 12.2 Å². The topological polar surface area (TPSA) is 53.3 Å². The van der Waals surface area contributed by atoms with Crippen LogP contribution >= 0.6 is 0 Å². The zero-order valence-electron chi connectivity index (χ0n) is 11.2. The number of hydrogen-bond donors (Lipinski definition) is 0. The van der Waals surface area contributed by atoms with Gasteiger partial charge in [-0.3, -0.25) is 4.79 Å². The van der Waals surface area contributed by atoms with E-state index in [0.29, 0.717) is 6.54 Å². The van der Waals surface area contributed by atoms with Crippen molar-refractivity contribution in [3.05, 3.63) is 29.3 Å². The summed E-state index contributed by atoms with van der Waals surface area (Å²) in [6, 6.07) is 8.11. The molecule has 1 aliphatic rings. The van der Waals surface area contributed by atoms with Gasteiger partial charge in [-0.15, -0.1) is 0 Å². The van der Waals surface area contributed by atoms with Crippen molar-refractivity contribution in [1.82, 2.24) is 4.90 Å². The van der Waals surface area contributed by atoms with Gasteiger partial charge in [0.05, 0.1) is 12.7 Å². The largest absolute Gasteiger partial charge is 0.493 e. The van der Waals surface area contributed by atoms with Crippen molar-refractivity contribution >= 4 is 5.91 Å². The van der Waals surface area contributed by atoms with Crippen molar-refractivity contribution in [3.63, 3.8) is 0 Å². The summed E-state index contributed by atoms with van der Waals surface area (Å²) in [5, 5.41) is 8.49. The number of benzene rings is 1. The first kappa shape index (κ1) is 13.4. The summed E-state index contributed by atoms with van der Waals surface area (Å²) in [7, 11) is 1.74. The normalized spacial score (nSPS) is 13.1. The number of ether oxygens (including phenoxy) is 1. The number of carbonyl (C=O) groups is 1. The standard InChI is InChI=1S/C15H18N2O2/c1-17(15(18)6-8-16)9-7-12-4-5-14-13(11-12)3-2-10-19-14/h4-5,11H,2-3,6-7,9-10H2,1H3. The number of nitriles is 1. The van der Waals surface area contributed by atoms with Crippen molar-refractivity contribution in [1.29, 1.82) is 5.26 Å². The van der Waals surface area contributed by atoms with Gasteiger partial charge in [-0.05, 0) is 36.5 Å². The number of aryl methyl sites for hydroxylation is 1.